The van der Waals surface area contributed by atoms with Crippen LogP contribution in [0.3, 0.4) is 0 Å². The Morgan fingerprint density at radius 1 is 0.932 bits per heavy atom. The van der Waals surface area contributed by atoms with E-state index in [2.05, 4.69) is 31.7 Å². The number of amidine groups is 1. The van der Waals surface area contributed by atoms with Crippen LogP contribution in [0, 0.1) is 0 Å². The summed E-state index contributed by atoms with van der Waals surface area (Å²) >= 11 is 0. The van der Waals surface area contributed by atoms with Crippen molar-refractivity contribution < 1.29 is 42.2 Å². The Labute approximate surface area is 418 Å². The number of pyridine rings is 1. The number of likely N-dealkylation sites (N-methyl/N-ethyl adjacent to an activating group) is 2. The third-order valence-corrected chi connectivity index (χ3v) is 15.3. The molecule has 2 aromatic heterocycles. The lowest BCUT2D eigenvalue weighted by atomic mass is 9.86. The second-order valence-electron chi connectivity index (χ2n) is 20.0. The number of hydrogen-bond donors (Lipinski definition) is 3. The van der Waals surface area contributed by atoms with Crippen molar-refractivity contribution in [2.75, 3.05) is 69.9 Å². The van der Waals surface area contributed by atoms with Gasteiger partial charge < -0.3 is 34.3 Å². The van der Waals surface area contributed by atoms with E-state index in [1.807, 2.05) is 41.3 Å². The van der Waals surface area contributed by atoms with Gasteiger partial charge in [0.15, 0.2) is 5.84 Å². The number of piperazine rings is 1. The standard InChI is InChI=1S/C52H56F3N11O7/c1-59(49(70)32-6-8-35(9-7-32)66-38-23-39(66)28-62(27-38)36-10-11-41-34(22-36)26-64(50(41)71)43-12-13-45(67)57-48(43)69)18-19-73-40-14-16-61(17-15-40)24-31-20-42(52(53,54)55)44-29-63(51(72)65(44)25-31)37-5-3-4-33(21-37)46(68)47-58-56-30-60(47)2/h3-11,20-22,25,29,38-40,43,46,56,68H,12-19,23-24,26-28,30H2,1-2H3,(H,57,67,69)/t38?,39?,43?,46-/m1/s1. The molecule has 12 rings (SSSR count). The Morgan fingerprint density at radius 2 is 1.68 bits per heavy atom. The van der Waals surface area contributed by atoms with E-state index in [1.165, 1.54) is 12.4 Å². The summed E-state index contributed by atoms with van der Waals surface area (Å²) in [5.74, 6) is -0.659. The van der Waals surface area contributed by atoms with E-state index >= 15 is 0 Å². The van der Waals surface area contributed by atoms with Crippen LogP contribution in [0.25, 0.3) is 11.2 Å². The topological polar surface area (TPSA) is 180 Å². The van der Waals surface area contributed by atoms with Crippen LogP contribution in [0.2, 0.25) is 0 Å². The van der Waals surface area contributed by atoms with Crippen LogP contribution >= 0.6 is 0 Å². The molecule has 5 aromatic rings. The van der Waals surface area contributed by atoms with Gasteiger partial charge in [0, 0.05) is 113 Å². The minimum atomic E-state index is -4.72. The molecule has 0 aliphatic carbocycles. The molecule has 7 aliphatic heterocycles. The predicted octanol–water partition coefficient (Wildman–Crippen LogP) is 3.93. The molecule has 9 heterocycles. The molecule has 5 saturated heterocycles. The molecule has 3 aromatic carbocycles. The number of aliphatic hydroxyl groups excluding tert-OH is 1. The van der Waals surface area contributed by atoms with Gasteiger partial charge in [-0.25, -0.2) is 4.79 Å². The zero-order valence-corrected chi connectivity index (χ0v) is 40.4. The number of carbonyl (C=O) groups is 4. The predicted molar refractivity (Wildman–Crippen MR) is 263 cm³/mol. The number of halogens is 3. The van der Waals surface area contributed by atoms with Crippen LogP contribution in [0.15, 0.2) is 95.1 Å². The van der Waals surface area contributed by atoms with Gasteiger partial charge in [0.25, 0.3) is 11.8 Å². The van der Waals surface area contributed by atoms with E-state index in [9.17, 15) is 42.3 Å². The van der Waals surface area contributed by atoms with Crippen molar-refractivity contribution in [3.8, 4) is 5.69 Å². The molecule has 0 spiro atoms. The molecule has 73 heavy (non-hydrogen) atoms. The lowest BCUT2D eigenvalue weighted by Gasteiger charge is -2.58. The van der Waals surface area contributed by atoms with Crippen molar-refractivity contribution in [2.45, 2.75) is 81.7 Å². The molecular formula is C52H56F3N11O7. The number of imidazole rings is 1. The van der Waals surface area contributed by atoms with E-state index in [-0.39, 0.29) is 54.4 Å². The van der Waals surface area contributed by atoms with Crippen LogP contribution in [0.1, 0.15) is 81.2 Å². The summed E-state index contributed by atoms with van der Waals surface area (Å²) in [6.45, 7) is 4.42. The molecule has 3 N–H and O–H groups in total. The zero-order valence-electron chi connectivity index (χ0n) is 40.4. The zero-order chi connectivity index (χ0) is 50.9. The summed E-state index contributed by atoms with van der Waals surface area (Å²) in [7, 11) is 3.51. The van der Waals surface area contributed by atoms with Crippen molar-refractivity contribution in [3.63, 3.8) is 0 Å². The summed E-state index contributed by atoms with van der Waals surface area (Å²) < 4.78 is 52.1. The number of nitrogens with one attached hydrogen (secondary N) is 2. The smallest absolute Gasteiger partial charge is 0.380 e. The average Bonchev–Trinajstić information content (AvgIpc) is 4.07. The fourth-order valence-electron chi connectivity index (χ4n) is 11.3. The second kappa shape index (κ2) is 19.0. The molecule has 0 saturated carbocycles. The molecule has 18 nitrogen and oxygen atoms in total. The maximum Gasteiger partial charge on any atom is 0.418 e. The third-order valence-electron chi connectivity index (χ3n) is 15.3. The molecular weight excluding hydrogens is 948 g/mol. The number of carbonyl (C=O) groups excluding carboxylic acids is 4. The molecule has 3 unspecified atom stereocenters. The van der Waals surface area contributed by atoms with Crippen molar-refractivity contribution in [2.24, 2.45) is 5.10 Å². The van der Waals surface area contributed by atoms with E-state index in [4.69, 9.17) is 4.74 Å². The van der Waals surface area contributed by atoms with Gasteiger partial charge in [0.05, 0.1) is 29.5 Å². The minimum absolute atomic E-state index is 0.0789. The number of imide groups is 1. The summed E-state index contributed by atoms with van der Waals surface area (Å²) in [5.41, 5.74) is 6.17. The monoisotopic (exact) mass is 1000 g/mol. The number of aliphatic hydroxyl groups is 1. The van der Waals surface area contributed by atoms with Crippen molar-refractivity contribution >= 4 is 46.4 Å². The highest BCUT2D eigenvalue weighted by molar-refractivity contribution is 6.05. The number of hydrazone groups is 1. The number of anilines is 2. The maximum absolute atomic E-state index is 14.6. The lowest BCUT2D eigenvalue weighted by Crippen LogP contribution is -2.69. The van der Waals surface area contributed by atoms with Gasteiger partial charge in [-0.15, -0.1) is 0 Å². The second-order valence-corrected chi connectivity index (χ2v) is 20.0. The van der Waals surface area contributed by atoms with Crippen LogP contribution in [-0.4, -0.2) is 147 Å². The first-order valence-electron chi connectivity index (χ1n) is 24.7. The fourth-order valence-corrected chi connectivity index (χ4v) is 11.3. The van der Waals surface area contributed by atoms with Crippen LogP contribution in [0.5, 0.6) is 0 Å². The summed E-state index contributed by atoms with van der Waals surface area (Å²) in [6, 6.07) is 21.1. The minimum Gasteiger partial charge on any atom is -0.380 e. The Bertz CT molecular complexity index is 3080. The SMILES string of the molecule is CN(CCOC1CCN(Cc2cc(C(F)(F)F)c3cn(-c4cccc([C@@H](O)C5=NNCN5C)c4)c(=O)n3c2)CC1)C(=O)c1ccc(N2C3CC2CN(c2ccc4c(c2)CN(C2CCC(=O)NC2=O)C4=O)C3)cc1. The van der Waals surface area contributed by atoms with E-state index in [1.54, 1.807) is 53.1 Å². The summed E-state index contributed by atoms with van der Waals surface area (Å²) in [5, 5.41) is 17.5. The number of hydrogen-bond acceptors (Lipinski definition) is 13. The molecule has 4 atom stereocenters. The molecule has 2 bridgehead atoms. The highest BCUT2D eigenvalue weighted by atomic mass is 19.4. The van der Waals surface area contributed by atoms with Gasteiger partial charge in [0.1, 0.15) is 18.8 Å². The number of aromatic nitrogens is 2. The van der Waals surface area contributed by atoms with Crippen LogP contribution < -0.4 is 26.2 Å². The number of alkyl halides is 3. The fraction of sp³-hybridized carbons (Fsp3) is 0.423. The first kappa shape index (κ1) is 48.1. The van der Waals surface area contributed by atoms with Crippen LogP contribution in [0.4, 0.5) is 24.5 Å². The van der Waals surface area contributed by atoms with Gasteiger partial charge in [-0.2, -0.15) is 18.3 Å². The van der Waals surface area contributed by atoms with Crippen molar-refractivity contribution in [3.05, 3.63) is 129 Å². The number of benzene rings is 3. The Hall–Kier alpha value is -7.23. The van der Waals surface area contributed by atoms with Gasteiger partial charge in [-0.05, 0) is 103 Å². The molecule has 5 fully saturated rings. The molecule has 4 amide bonds. The first-order valence-corrected chi connectivity index (χ1v) is 24.7. The van der Waals surface area contributed by atoms with Crippen LogP contribution in [-0.2, 0) is 33.6 Å². The summed E-state index contributed by atoms with van der Waals surface area (Å²) in [4.78, 5) is 76.4. The quantitative estimate of drug-likeness (QED) is 0.145. The van der Waals surface area contributed by atoms with Crippen molar-refractivity contribution in [1.82, 2.24) is 39.3 Å². The number of likely N-dealkylation sites (tertiary alicyclic amines) is 1. The average molecular weight is 1000 g/mol. The number of amides is 4. The first-order chi connectivity index (χ1) is 35.1. The highest BCUT2D eigenvalue weighted by Crippen LogP contribution is 2.40. The lowest BCUT2D eigenvalue weighted by molar-refractivity contribution is -0.137. The summed E-state index contributed by atoms with van der Waals surface area (Å²) in [6.07, 6.45) is -0.362. The van der Waals surface area contributed by atoms with Gasteiger partial charge in [-0.3, -0.25) is 43.8 Å². The number of piperidine rings is 3. The van der Waals surface area contributed by atoms with Crippen molar-refractivity contribution in [1.29, 1.82) is 0 Å². The molecule has 7 aliphatic rings. The number of fused-ring (bicyclic) bond motifs is 4. The van der Waals surface area contributed by atoms with E-state index < -0.39 is 35.5 Å². The number of nitrogens with zero attached hydrogens (tertiary/aromatic N) is 9. The number of rotatable bonds is 13. The highest BCUT2D eigenvalue weighted by Gasteiger charge is 2.46. The molecule has 382 valence electrons. The largest absolute Gasteiger partial charge is 0.418 e. The Morgan fingerprint density at radius 3 is 2.40 bits per heavy atom. The number of ether oxygens (including phenoxy) is 1. The maximum atomic E-state index is 14.6. The Balaban J connectivity index is 0.648. The Kier molecular flexibility index (Phi) is 12.5. The van der Waals surface area contributed by atoms with Gasteiger partial charge >= 0.3 is 11.9 Å². The van der Waals surface area contributed by atoms with E-state index in [0.717, 1.165) is 51.5 Å². The normalized spacial score (nSPS) is 21.8. The molecule has 21 heteroatoms. The molecule has 0 radical (unpaired) electrons. The van der Waals surface area contributed by atoms with Gasteiger partial charge in [0.2, 0.25) is 11.8 Å². The van der Waals surface area contributed by atoms with Gasteiger partial charge in [-0.1, -0.05) is 12.1 Å². The third kappa shape index (κ3) is 9.18. The van der Waals surface area contributed by atoms with E-state index in [0.29, 0.717) is 92.5 Å².